The lowest BCUT2D eigenvalue weighted by molar-refractivity contribution is -1.02. The van der Waals surface area contributed by atoms with E-state index in [-0.39, 0.29) is 6.04 Å². The zero-order chi connectivity index (χ0) is 19.2. The van der Waals surface area contributed by atoms with E-state index < -0.39 is 0 Å². The average Bonchev–Trinajstić information content (AvgIpc) is 2.66. The molecule has 144 valence electrons. The summed E-state index contributed by atoms with van der Waals surface area (Å²) in [6, 6.07) is 19.0. The van der Waals surface area contributed by atoms with E-state index in [1.807, 2.05) is 24.3 Å². The summed E-state index contributed by atoms with van der Waals surface area (Å²) in [5.74, 6) is 0. The minimum absolute atomic E-state index is 0.216. The topological polar surface area (TPSA) is 32.9 Å². The van der Waals surface area contributed by atoms with Gasteiger partial charge in [0.2, 0.25) is 0 Å². The van der Waals surface area contributed by atoms with E-state index in [0.29, 0.717) is 11.2 Å². The summed E-state index contributed by atoms with van der Waals surface area (Å²) in [6.07, 6.45) is 0. The van der Waals surface area contributed by atoms with Crippen LogP contribution in [0.15, 0.2) is 54.6 Å². The van der Waals surface area contributed by atoms with Gasteiger partial charge in [0.25, 0.3) is 0 Å². The summed E-state index contributed by atoms with van der Waals surface area (Å²) in [5.41, 5.74) is 2.30. The predicted octanol–water partition coefficient (Wildman–Crippen LogP) is 1.17. The van der Waals surface area contributed by atoms with Crippen molar-refractivity contribution in [3.63, 3.8) is 0 Å². The number of likely N-dealkylation sites (N-methyl/N-ethyl adjacent to an activating group) is 1. The van der Waals surface area contributed by atoms with Gasteiger partial charge in [-0.2, -0.15) is 0 Å². The molecule has 1 aliphatic rings. The molecule has 0 radical (unpaired) electrons. The van der Waals surface area contributed by atoms with Gasteiger partial charge < -0.3 is 20.4 Å². The number of nitrogens with one attached hydrogen (secondary N) is 4. The van der Waals surface area contributed by atoms with Gasteiger partial charge >= 0.3 is 0 Å². The van der Waals surface area contributed by atoms with E-state index in [1.54, 1.807) is 9.80 Å². The molecule has 1 saturated heterocycles. The smallest absolute Gasteiger partial charge is 0.171 e. The van der Waals surface area contributed by atoms with Gasteiger partial charge in [-0.05, 0) is 43.4 Å². The van der Waals surface area contributed by atoms with Crippen LogP contribution in [0.3, 0.4) is 0 Å². The third-order valence-corrected chi connectivity index (χ3v) is 5.78. The standard InChI is InChI=1S/C21H27ClN4S/c1-16(23-21(27)24-19-10-8-18(22)9-11-19)20(17-6-4-3-5-7-17)26-14-12-25(2)13-15-26/h3-11,16,20H,12-15H2,1-2H3,(H2,23,24,27)/p+2/t16-,20+/m0/s1. The third kappa shape index (κ3) is 5.66. The molecule has 0 amide bonds. The van der Waals surface area contributed by atoms with Crippen LogP contribution >= 0.6 is 23.8 Å². The number of benzene rings is 2. The van der Waals surface area contributed by atoms with Crippen LogP contribution in [0.1, 0.15) is 18.5 Å². The normalized spacial score (nSPS) is 21.9. The fourth-order valence-electron chi connectivity index (χ4n) is 3.84. The molecule has 4 N–H and O–H groups in total. The highest BCUT2D eigenvalue weighted by Crippen LogP contribution is 2.16. The maximum Gasteiger partial charge on any atom is 0.171 e. The highest BCUT2D eigenvalue weighted by Gasteiger charge is 2.33. The van der Waals surface area contributed by atoms with E-state index in [4.69, 9.17) is 23.8 Å². The van der Waals surface area contributed by atoms with Crippen molar-refractivity contribution in [2.24, 2.45) is 0 Å². The first kappa shape index (κ1) is 20.1. The fourth-order valence-corrected chi connectivity index (χ4v) is 4.27. The van der Waals surface area contributed by atoms with Crippen LogP contribution in [0, 0.1) is 0 Å². The summed E-state index contributed by atoms with van der Waals surface area (Å²) >= 11 is 11.5. The number of quaternary nitrogens is 2. The first-order chi connectivity index (χ1) is 13.0. The van der Waals surface area contributed by atoms with Crippen molar-refractivity contribution in [2.75, 3.05) is 38.5 Å². The van der Waals surface area contributed by atoms with Gasteiger partial charge in [-0.3, -0.25) is 0 Å². The maximum absolute atomic E-state index is 5.96. The number of hydrogen-bond donors (Lipinski definition) is 4. The van der Waals surface area contributed by atoms with Gasteiger partial charge in [0.15, 0.2) is 5.11 Å². The number of thiocarbonyl (C=S) groups is 1. The molecule has 1 fully saturated rings. The Morgan fingerprint density at radius 2 is 1.63 bits per heavy atom. The summed E-state index contributed by atoms with van der Waals surface area (Å²) in [4.78, 5) is 3.24. The lowest BCUT2D eigenvalue weighted by atomic mass is 9.98. The van der Waals surface area contributed by atoms with Crippen molar-refractivity contribution in [1.82, 2.24) is 5.32 Å². The van der Waals surface area contributed by atoms with Crippen molar-refractivity contribution < 1.29 is 9.80 Å². The molecule has 2 atom stereocenters. The van der Waals surface area contributed by atoms with Crippen molar-refractivity contribution >= 4 is 34.6 Å². The largest absolute Gasteiger partial charge is 0.354 e. The Balaban J connectivity index is 1.69. The van der Waals surface area contributed by atoms with Crippen molar-refractivity contribution in [3.05, 3.63) is 65.2 Å². The lowest BCUT2D eigenvalue weighted by Gasteiger charge is -2.37. The van der Waals surface area contributed by atoms with Crippen molar-refractivity contribution in [3.8, 4) is 0 Å². The lowest BCUT2D eigenvalue weighted by Crippen LogP contribution is -3.27. The predicted molar refractivity (Wildman–Crippen MR) is 117 cm³/mol. The Morgan fingerprint density at radius 3 is 2.26 bits per heavy atom. The molecule has 4 nitrogen and oxygen atoms in total. The maximum atomic E-state index is 5.96. The summed E-state index contributed by atoms with van der Waals surface area (Å²) < 4.78 is 0. The van der Waals surface area contributed by atoms with Crippen LogP contribution < -0.4 is 20.4 Å². The van der Waals surface area contributed by atoms with Gasteiger partial charge in [0.1, 0.15) is 32.2 Å². The highest BCUT2D eigenvalue weighted by molar-refractivity contribution is 7.80. The molecule has 3 rings (SSSR count). The van der Waals surface area contributed by atoms with E-state index in [2.05, 4.69) is 54.9 Å². The Bertz CT molecular complexity index is 730. The molecule has 0 spiro atoms. The number of piperazine rings is 1. The molecule has 0 aliphatic carbocycles. The molecule has 0 aromatic heterocycles. The molecule has 1 aliphatic heterocycles. The van der Waals surface area contributed by atoms with Gasteiger partial charge in [-0.1, -0.05) is 41.9 Å². The van der Waals surface area contributed by atoms with E-state index >= 15 is 0 Å². The second kappa shape index (κ2) is 9.51. The molecule has 0 saturated carbocycles. The number of hydrogen-bond acceptors (Lipinski definition) is 1. The second-order valence-electron chi connectivity index (χ2n) is 7.40. The summed E-state index contributed by atoms with van der Waals surface area (Å²) in [7, 11) is 2.28. The van der Waals surface area contributed by atoms with Gasteiger partial charge in [-0.15, -0.1) is 0 Å². The van der Waals surface area contributed by atoms with Crippen LogP contribution in [-0.2, 0) is 0 Å². The molecule has 0 unspecified atom stereocenters. The monoisotopic (exact) mass is 404 g/mol. The fraction of sp³-hybridized carbons (Fsp3) is 0.381. The Kier molecular flexibility index (Phi) is 7.07. The SMILES string of the molecule is C[C@H](NC(=S)Nc1ccc(Cl)cc1)[C@H](c1ccccc1)[NH+]1CC[NH+](C)CC1. The molecular formula is C21H29ClN4S+2. The molecule has 27 heavy (non-hydrogen) atoms. The minimum Gasteiger partial charge on any atom is -0.354 e. The third-order valence-electron chi connectivity index (χ3n) is 5.31. The van der Waals surface area contributed by atoms with E-state index in [9.17, 15) is 0 Å². The Morgan fingerprint density at radius 1 is 1.00 bits per heavy atom. The molecular weight excluding hydrogens is 376 g/mol. The minimum atomic E-state index is 0.216. The average molecular weight is 405 g/mol. The number of anilines is 1. The number of halogens is 1. The summed E-state index contributed by atoms with van der Waals surface area (Å²) in [5, 5.41) is 8.14. The summed E-state index contributed by atoms with van der Waals surface area (Å²) in [6.45, 7) is 6.99. The first-order valence-corrected chi connectivity index (χ1v) is 10.4. The van der Waals surface area contributed by atoms with E-state index in [0.717, 1.165) is 10.7 Å². The van der Waals surface area contributed by atoms with Crippen LogP contribution in [0.5, 0.6) is 0 Å². The van der Waals surface area contributed by atoms with Crippen LogP contribution in [0.2, 0.25) is 5.02 Å². The van der Waals surface area contributed by atoms with Crippen molar-refractivity contribution in [1.29, 1.82) is 0 Å². The highest BCUT2D eigenvalue weighted by atomic mass is 35.5. The molecule has 6 heteroatoms. The zero-order valence-corrected chi connectivity index (χ0v) is 17.5. The van der Waals surface area contributed by atoms with E-state index in [1.165, 1.54) is 31.7 Å². The molecule has 2 aromatic carbocycles. The molecule has 1 heterocycles. The van der Waals surface area contributed by atoms with Crippen LogP contribution in [-0.4, -0.2) is 44.4 Å². The molecule has 0 bridgehead atoms. The van der Waals surface area contributed by atoms with Crippen molar-refractivity contribution in [2.45, 2.75) is 19.0 Å². The Labute approximate surface area is 172 Å². The van der Waals surface area contributed by atoms with Crippen LogP contribution in [0.4, 0.5) is 5.69 Å². The van der Waals surface area contributed by atoms with Gasteiger partial charge in [0.05, 0.1) is 13.1 Å². The second-order valence-corrected chi connectivity index (χ2v) is 8.24. The first-order valence-electron chi connectivity index (χ1n) is 9.57. The number of rotatable bonds is 5. The quantitative estimate of drug-likeness (QED) is 0.565. The Hall–Kier alpha value is -1.66. The van der Waals surface area contributed by atoms with Gasteiger partial charge in [-0.25, -0.2) is 0 Å². The zero-order valence-electron chi connectivity index (χ0n) is 16.0. The molecule has 2 aromatic rings. The van der Waals surface area contributed by atoms with Gasteiger partial charge in [0, 0.05) is 16.3 Å². The van der Waals surface area contributed by atoms with Crippen LogP contribution in [0.25, 0.3) is 0 Å².